The molecule has 0 aromatic heterocycles. The second-order valence-corrected chi connectivity index (χ2v) is 6.06. The van der Waals surface area contributed by atoms with Gasteiger partial charge in [-0.1, -0.05) is 6.92 Å². The molecular formula is C12H19NO4. The van der Waals surface area contributed by atoms with E-state index in [-0.39, 0.29) is 11.5 Å². The van der Waals surface area contributed by atoms with E-state index < -0.39 is 30.1 Å². The number of carboxylic acids is 1. The Labute approximate surface area is 102 Å². The number of amides is 1. The number of rotatable bonds is 1. The Morgan fingerprint density at radius 3 is 2.59 bits per heavy atom. The lowest BCUT2D eigenvalue weighted by Gasteiger charge is -2.28. The summed E-state index contributed by atoms with van der Waals surface area (Å²) in [6, 6.07) is -1.26. The van der Waals surface area contributed by atoms with Gasteiger partial charge in [-0.2, -0.15) is 0 Å². The molecule has 4 atom stereocenters. The zero-order valence-electron chi connectivity index (χ0n) is 11.6. The molecule has 2 fully saturated rings. The molecule has 2 rings (SSSR count). The number of piperidine rings is 1. The molecule has 0 radical (unpaired) electrons. The number of hydrogen-bond donors (Lipinski definition) is 1. The summed E-state index contributed by atoms with van der Waals surface area (Å²) in [6.07, 6.45) is -0.726. The van der Waals surface area contributed by atoms with E-state index in [1.165, 1.54) is 4.90 Å². The zero-order chi connectivity index (χ0) is 13.9. The van der Waals surface area contributed by atoms with Crippen LogP contribution in [0.3, 0.4) is 0 Å². The number of hydrogen-bond acceptors (Lipinski definition) is 3. The van der Waals surface area contributed by atoms with Crippen molar-refractivity contribution in [2.45, 2.75) is 58.2 Å². The lowest BCUT2D eigenvalue weighted by Crippen LogP contribution is -2.45. The number of carbonyl (C=O) groups excluding carboxylic acids is 1. The highest BCUT2D eigenvalue weighted by Crippen LogP contribution is 2.59. The molecule has 1 aliphatic carbocycles. The van der Waals surface area contributed by atoms with E-state index in [9.17, 15) is 14.7 Å². The van der Waals surface area contributed by atoms with Gasteiger partial charge in [0, 0.05) is 7.41 Å². The van der Waals surface area contributed by atoms with Gasteiger partial charge in [-0.15, -0.1) is 0 Å². The van der Waals surface area contributed by atoms with E-state index in [0.717, 1.165) is 0 Å². The monoisotopic (exact) mass is 242 g/mol. The SMILES string of the molecule is [2H][C@H]1C(C(=O)O)N(C(=O)OC(C)(C)C)[C@@H]2C[C@]12C. The quantitative estimate of drug-likeness (QED) is 0.762. The lowest BCUT2D eigenvalue weighted by atomic mass is 10.0. The lowest BCUT2D eigenvalue weighted by molar-refractivity contribution is -0.142. The van der Waals surface area contributed by atoms with Crippen LogP contribution in [0.2, 0.25) is 0 Å². The number of carbonyl (C=O) groups is 2. The van der Waals surface area contributed by atoms with Crippen molar-refractivity contribution in [3.05, 3.63) is 0 Å². The van der Waals surface area contributed by atoms with Gasteiger partial charge in [0.2, 0.25) is 0 Å². The molecule has 5 heteroatoms. The highest BCUT2D eigenvalue weighted by molar-refractivity contribution is 5.82. The van der Waals surface area contributed by atoms with Gasteiger partial charge in [0.25, 0.3) is 0 Å². The Kier molecular flexibility index (Phi) is 2.15. The molecule has 1 saturated carbocycles. The van der Waals surface area contributed by atoms with E-state index in [1.54, 1.807) is 20.8 Å². The third-order valence-electron chi connectivity index (χ3n) is 3.27. The maximum Gasteiger partial charge on any atom is 0.411 e. The summed E-state index contributed by atoms with van der Waals surface area (Å²) in [6.45, 7) is 7.07. The van der Waals surface area contributed by atoms with Crippen molar-refractivity contribution < 1.29 is 20.8 Å². The van der Waals surface area contributed by atoms with Crippen LogP contribution in [0.4, 0.5) is 4.79 Å². The molecule has 96 valence electrons. The molecule has 0 aromatic carbocycles. The molecule has 5 nitrogen and oxygen atoms in total. The predicted octanol–water partition coefficient (Wildman–Crippen LogP) is 1.86. The first kappa shape index (κ1) is 10.9. The molecule has 17 heavy (non-hydrogen) atoms. The van der Waals surface area contributed by atoms with Crippen molar-refractivity contribution >= 4 is 12.1 Å². The second-order valence-electron chi connectivity index (χ2n) is 6.06. The summed E-state index contributed by atoms with van der Waals surface area (Å²) >= 11 is 0. The maximum absolute atomic E-state index is 12.1. The van der Waals surface area contributed by atoms with E-state index in [2.05, 4.69) is 0 Å². The van der Waals surface area contributed by atoms with Crippen molar-refractivity contribution in [1.29, 1.82) is 0 Å². The predicted molar refractivity (Wildman–Crippen MR) is 60.6 cm³/mol. The molecule has 1 N–H and O–H groups in total. The minimum absolute atomic E-state index is 0.170. The number of nitrogens with zero attached hydrogens (tertiary/aromatic N) is 1. The standard InChI is InChI=1S/C12H19NO4/c1-11(2,3)17-10(16)13-7(9(14)15)5-12(4)6-8(12)13/h7-8H,5-6H2,1-4H3,(H,14,15)/t7?,8-,12+/m1/s1/i5D/t5-,7?,8+,12-/m0. The molecule has 2 aliphatic rings. The number of likely N-dealkylation sites (tertiary alicyclic amines) is 1. The first-order valence-electron chi connectivity index (χ1n) is 6.32. The van der Waals surface area contributed by atoms with Gasteiger partial charge in [-0.05, 0) is 39.0 Å². The number of fused-ring (bicyclic) bond motifs is 1. The van der Waals surface area contributed by atoms with Gasteiger partial charge in [0.05, 0.1) is 0 Å². The zero-order valence-corrected chi connectivity index (χ0v) is 10.6. The van der Waals surface area contributed by atoms with Crippen LogP contribution in [0.15, 0.2) is 0 Å². The Hall–Kier alpha value is -1.26. The number of aliphatic carboxylic acids is 1. The fourth-order valence-corrected chi connectivity index (χ4v) is 2.33. The van der Waals surface area contributed by atoms with Crippen molar-refractivity contribution in [2.24, 2.45) is 5.41 Å². The molecule has 0 bridgehead atoms. The Morgan fingerprint density at radius 2 is 2.12 bits per heavy atom. The number of carboxylic acid groups (broad SMARTS) is 1. The summed E-state index contributed by atoms with van der Waals surface area (Å²) in [5, 5.41) is 9.18. The van der Waals surface area contributed by atoms with Gasteiger partial charge >= 0.3 is 12.1 Å². The van der Waals surface area contributed by atoms with Crippen LogP contribution in [0.1, 0.15) is 41.9 Å². The Morgan fingerprint density at radius 1 is 1.53 bits per heavy atom. The van der Waals surface area contributed by atoms with Gasteiger partial charge in [0.15, 0.2) is 0 Å². The van der Waals surface area contributed by atoms with Crippen molar-refractivity contribution in [2.75, 3.05) is 0 Å². The van der Waals surface area contributed by atoms with Crippen LogP contribution < -0.4 is 0 Å². The highest BCUT2D eigenvalue weighted by Gasteiger charge is 2.65. The van der Waals surface area contributed by atoms with Crippen molar-refractivity contribution in [3.8, 4) is 0 Å². The van der Waals surface area contributed by atoms with Crippen molar-refractivity contribution in [1.82, 2.24) is 4.90 Å². The maximum atomic E-state index is 12.1. The molecule has 0 spiro atoms. The summed E-state index contributed by atoms with van der Waals surface area (Å²) in [5.41, 5.74) is -1.05. The first-order chi connectivity index (χ1) is 8.08. The summed E-state index contributed by atoms with van der Waals surface area (Å²) in [7, 11) is 0. The largest absolute Gasteiger partial charge is 0.480 e. The molecule has 1 saturated heterocycles. The number of ether oxygens (including phenoxy) is 1. The normalized spacial score (nSPS) is 40.6. The van der Waals surface area contributed by atoms with Crippen LogP contribution in [-0.4, -0.2) is 39.8 Å². The topological polar surface area (TPSA) is 66.8 Å². The summed E-state index contributed by atoms with van der Waals surface area (Å²) in [5.74, 6) is -1.13. The van der Waals surface area contributed by atoms with Crippen LogP contribution >= 0.6 is 0 Å². The van der Waals surface area contributed by atoms with Crippen LogP contribution in [0.5, 0.6) is 0 Å². The minimum atomic E-state index is -1.13. The van der Waals surface area contributed by atoms with E-state index in [4.69, 9.17) is 6.11 Å². The smallest absolute Gasteiger partial charge is 0.411 e. The average Bonchev–Trinajstić information content (AvgIpc) is 2.77. The second kappa shape index (κ2) is 3.37. The Bertz CT molecular complexity index is 405. The van der Waals surface area contributed by atoms with Gasteiger partial charge < -0.3 is 9.84 Å². The summed E-state index contributed by atoms with van der Waals surface area (Å²) in [4.78, 5) is 24.5. The highest BCUT2D eigenvalue weighted by atomic mass is 16.6. The van der Waals surface area contributed by atoms with E-state index >= 15 is 0 Å². The molecule has 0 aromatic rings. The molecule has 1 unspecified atom stereocenters. The Balaban J connectivity index is 2.21. The third kappa shape index (κ3) is 2.10. The van der Waals surface area contributed by atoms with Crippen LogP contribution in [0.25, 0.3) is 0 Å². The molecular weight excluding hydrogens is 222 g/mol. The van der Waals surface area contributed by atoms with Crippen molar-refractivity contribution in [3.63, 3.8) is 0 Å². The van der Waals surface area contributed by atoms with Gasteiger partial charge in [0.1, 0.15) is 11.6 Å². The summed E-state index contributed by atoms with van der Waals surface area (Å²) < 4.78 is 13.2. The van der Waals surface area contributed by atoms with E-state index in [1.807, 2.05) is 6.92 Å². The van der Waals surface area contributed by atoms with Crippen LogP contribution in [-0.2, 0) is 9.53 Å². The van der Waals surface area contributed by atoms with Gasteiger partial charge in [-0.25, -0.2) is 9.59 Å². The first-order valence-corrected chi connectivity index (χ1v) is 5.74. The van der Waals surface area contributed by atoms with E-state index in [0.29, 0.717) is 6.42 Å². The fraction of sp³-hybridized carbons (Fsp3) is 0.833. The third-order valence-corrected chi connectivity index (χ3v) is 3.27. The molecule has 1 aliphatic heterocycles. The average molecular weight is 242 g/mol. The minimum Gasteiger partial charge on any atom is -0.480 e. The molecule has 1 heterocycles. The van der Waals surface area contributed by atoms with Crippen LogP contribution in [0, 0.1) is 5.41 Å². The molecule has 1 amide bonds. The van der Waals surface area contributed by atoms with Gasteiger partial charge in [-0.3, -0.25) is 4.90 Å². The fourth-order valence-electron chi connectivity index (χ4n) is 2.33.